The first kappa shape index (κ1) is 13.9. The maximum atomic E-state index is 11.3. The van der Waals surface area contributed by atoms with Crippen LogP contribution in [0.1, 0.15) is 19.8 Å². The topological polar surface area (TPSA) is 69.6 Å². The van der Waals surface area contributed by atoms with Crippen LogP contribution in [0.5, 0.6) is 0 Å². The molecule has 2 N–H and O–H groups in total. The zero-order valence-electron chi connectivity index (χ0n) is 9.85. The van der Waals surface area contributed by atoms with Gasteiger partial charge in [-0.1, -0.05) is 6.92 Å². The summed E-state index contributed by atoms with van der Waals surface area (Å²) in [6.07, 6.45) is 2.51. The molecule has 6 heteroatoms. The number of hydrogen-bond acceptors (Lipinski definition) is 4. The van der Waals surface area contributed by atoms with Crippen molar-refractivity contribution in [2.75, 3.05) is 38.5 Å². The van der Waals surface area contributed by atoms with Crippen molar-refractivity contribution in [1.29, 1.82) is 0 Å². The van der Waals surface area contributed by atoms with E-state index in [1.165, 1.54) is 12.8 Å². The molecular weight excluding hydrogens is 228 g/mol. The summed E-state index contributed by atoms with van der Waals surface area (Å²) in [6, 6.07) is 0. The van der Waals surface area contributed by atoms with Gasteiger partial charge in [0.2, 0.25) is 10.0 Å². The summed E-state index contributed by atoms with van der Waals surface area (Å²) in [6.45, 7) is 5.39. The molecule has 1 unspecified atom stereocenters. The normalized spacial score (nSPS) is 20.1. The van der Waals surface area contributed by atoms with Crippen LogP contribution < -0.4 is 4.72 Å². The summed E-state index contributed by atoms with van der Waals surface area (Å²) in [5, 5.41) is 8.57. The highest BCUT2D eigenvalue weighted by Gasteiger charge is 2.16. The molecule has 0 saturated carbocycles. The van der Waals surface area contributed by atoms with Gasteiger partial charge in [-0.3, -0.25) is 0 Å². The molecule has 1 fully saturated rings. The molecule has 1 heterocycles. The van der Waals surface area contributed by atoms with E-state index in [9.17, 15) is 8.42 Å². The number of nitrogens with zero attached hydrogens (tertiary/aromatic N) is 1. The molecule has 1 aliphatic rings. The number of aliphatic hydroxyl groups is 1. The molecule has 16 heavy (non-hydrogen) atoms. The Balaban J connectivity index is 2.21. The summed E-state index contributed by atoms with van der Waals surface area (Å²) < 4.78 is 25.1. The van der Waals surface area contributed by atoms with Gasteiger partial charge in [-0.2, -0.15) is 0 Å². The van der Waals surface area contributed by atoms with Gasteiger partial charge in [-0.05, 0) is 31.8 Å². The summed E-state index contributed by atoms with van der Waals surface area (Å²) in [5.74, 6) is 0.107. The minimum absolute atomic E-state index is 0.205. The van der Waals surface area contributed by atoms with Crippen molar-refractivity contribution in [3.8, 4) is 0 Å². The van der Waals surface area contributed by atoms with Gasteiger partial charge in [-0.15, -0.1) is 0 Å². The number of hydrogen-bond donors (Lipinski definition) is 2. The molecule has 0 aliphatic carbocycles. The van der Waals surface area contributed by atoms with Gasteiger partial charge in [0.1, 0.15) is 0 Å². The third-order valence-electron chi connectivity index (χ3n) is 2.78. The van der Waals surface area contributed by atoms with Gasteiger partial charge in [-0.25, -0.2) is 13.1 Å². The predicted octanol–water partition coefficient (Wildman–Crippen LogP) is -0.370. The highest BCUT2D eigenvalue weighted by Crippen LogP contribution is 2.09. The fourth-order valence-corrected chi connectivity index (χ4v) is 2.86. The van der Waals surface area contributed by atoms with Crippen LogP contribution in [0.3, 0.4) is 0 Å². The molecule has 0 aromatic heterocycles. The van der Waals surface area contributed by atoms with E-state index in [-0.39, 0.29) is 12.4 Å². The van der Waals surface area contributed by atoms with Crippen LogP contribution in [0.15, 0.2) is 0 Å². The number of likely N-dealkylation sites (tertiary alicyclic amines) is 1. The van der Waals surface area contributed by atoms with E-state index in [4.69, 9.17) is 5.11 Å². The van der Waals surface area contributed by atoms with Gasteiger partial charge in [0.25, 0.3) is 0 Å². The van der Waals surface area contributed by atoms with Gasteiger partial charge in [0.15, 0.2) is 0 Å². The van der Waals surface area contributed by atoms with Crippen molar-refractivity contribution in [3.05, 3.63) is 0 Å². The summed E-state index contributed by atoms with van der Waals surface area (Å²) in [5.41, 5.74) is 0. The largest absolute Gasteiger partial charge is 0.395 e. The SMILES string of the molecule is CC(CNS(=O)(=O)CCO)CN1CCCC1. The zero-order valence-corrected chi connectivity index (χ0v) is 10.7. The molecule has 0 aromatic carbocycles. The molecule has 1 rings (SSSR count). The first-order valence-electron chi connectivity index (χ1n) is 5.84. The highest BCUT2D eigenvalue weighted by molar-refractivity contribution is 7.89. The maximum Gasteiger partial charge on any atom is 0.213 e. The fourth-order valence-electron chi connectivity index (χ4n) is 1.93. The molecule has 0 bridgehead atoms. The van der Waals surface area contributed by atoms with Gasteiger partial charge in [0, 0.05) is 13.1 Å². The lowest BCUT2D eigenvalue weighted by atomic mass is 10.2. The van der Waals surface area contributed by atoms with E-state index in [1.54, 1.807) is 0 Å². The van der Waals surface area contributed by atoms with Crippen LogP contribution in [-0.4, -0.2) is 57.0 Å². The molecular formula is C10H22N2O3S. The Labute approximate surface area is 97.9 Å². The lowest BCUT2D eigenvalue weighted by Gasteiger charge is -2.20. The number of aliphatic hydroxyl groups excluding tert-OH is 1. The van der Waals surface area contributed by atoms with E-state index >= 15 is 0 Å². The molecule has 1 saturated heterocycles. The fraction of sp³-hybridized carbons (Fsp3) is 1.00. The highest BCUT2D eigenvalue weighted by atomic mass is 32.2. The molecule has 1 aliphatic heterocycles. The molecule has 0 amide bonds. The Kier molecular flexibility index (Phi) is 5.68. The summed E-state index contributed by atoms with van der Waals surface area (Å²) >= 11 is 0. The second-order valence-electron chi connectivity index (χ2n) is 4.50. The van der Waals surface area contributed by atoms with E-state index in [2.05, 4.69) is 9.62 Å². The smallest absolute Gasteiger partial charge is 0.213 e. The predicted molar refractivity (Wildman–Crippen MR) is 63.7 cm³/mol. The average molecular weight is 250 g/mol. The second-order valence-corrected chi connectivity index (χ2v) is 6.43. The quantitative estimate of drug-likeness (QED) is 0.647. The average Bonchev–Trinajstić information content (AvgIpc) is 2.68. The monoisotopic (exact) mass is 250 g/mol. The van der Waals surface area contributed by atoms with Crippen LogP contribution in [0.2, 0.25) is 0 Å². The first-order valence-corrected chi connectivity index (χ1v) is 7.49. The first-order chi connectivity index (χ1) is 7.53. The van der Waals surface area contributed by atoms with Gasteiger partial charge < -0.3 is 10.0 Å². The molecule has 0 radical (unpaired) electrons. The second kappa shape index (κ2) is 6.54. The van der Waals surface area contributed by atoms with E-state index < -0.39 is 10.0 Å². The van der Waals surface area contributed by atoms with Crippen molar-refractivity contribution < 1.29 is 13.5 Å². The Bertz CT molecular complexity index is 286. The molecule has 1 atom stereocenters. The third-order valence-corrected chi connectivity index (χ3v) is 4.11. The van der Waals surface area contributed by atoms with Crippen molar-refractivity contribution in [2.45, 2.75) is 19.8 Å². The summed E-state index contributed by atoms with van der Waals surface area (Å²) in [4.78, 5) is 2.37. The zero-order chi connectivity index (χ0) is 12.0. The molecule has 96 valence electrons. The van der Waals surface area contributed by atoms with Crippen LogP contribution in [0.25, 0.3) is 0 Å². The van der Waals surface area contributed by atoms with E-state index in [1.807, 2.05) is 6.92 Å². The van der Waals surface area contributed by atoms with Gasteiger partial charge in [0.05, 0.1) is 12.4 Å². The van der Waals surface area contributed by atoms with Crippen LogP contribution in [0.4, 0.5) is 0 Å². The molecule has 0 spiro atoms. The number of sulfonamides is 1. The number of nitrogens with one attached hydrogen (secondary N) is 1. The van der Waals surface area contributed by atoms with Crippen molar-refractivity contribution in [1.82, 2.24) is 9.62 Å². The molecule has 0 aromatic rings. The van der Waals surface area contributed by atoms with Crippen molar-refractivity contribution >= 4 is 10.0 Å². The Morgan fingerprint density at radius 2 is 2.00 bits per heavy atom. The Morgan fingerprint density at radius 1 is 1.38 bits per heavy atom. The third kappa shape index (κ3) is 5.25. The molecule has 5 nitrogen and oxygen atoms in total. The van der Waals surface area contributed by atoms with Gasteiger partial charge >= 0.3 is 0 Å². The minimum atomic E-state index is -3.28. The van der Waals surface area contributed by atoms with Crippen molar-refractivity contribution in [3.63, 3.8) is 0 Å². The lowest BCUT2D eigenvalue weighted by Crippen LogP contribution is -2.36. The Morgan fingerprint density at radius 3 is 2.56 bits per heavy atom. The standard InChI is InChI=1S/C10H22N2O3S/c1-10(9-12-4-2-3-5-12)8-11-16(14,15)7-6-13/h10-11,13H,2-9H2,1H3. The van der Waals surface area contributed by atoms with E-state index in [0.717, 1.165) is 19.6 Å². The van der Waals surface area contributed by atoms with Crippen LogP contribution >= 0.6 is 0 Å². The lowest BCUT2D eigenvalue weighted by molar-refractivity contribution is 0.287. The van der Waals surface area contributed by atoms with Crippen LogP contribution in [-0.2, 0) is 10.0 Å². The Hall–Kier alpha value is -0.170. The van der Waals surface area contributed by atoms with Crippen molar-refractivity contribution in [2.24, 2.45) is 5.92 Å². The summed E-state index contributed by atoms with van der Waals surface area (Å²) in [7, 11) is -3.28. The van der Waals surface area contributed by atoms with Crippen LogP contribution in [0, 0.1) is 5.92 Å². The minimum Gasteiger partial charge on any atom is -0.395 e. The maximum absolute atomic E-state index is 11.3. The number of rotatable bonds is 7. The van der Waals surface area contributed by atoms with E-state index in [0.29, 0.717) is 12.5 Å².